The van der Waals surface area contributed by atoms with E-state index in [4.69, 9.17) is 5.26 Å². The molecule has 2 aromatic rings. The number of hydrogen-bond acceptors (Lipinski definition) is 3. The fraction of sp³-hybridized carbons (Fsp3) is 0.182. The lowest BCUT2D eigenvalue weighted by atomic mass is 10.1. The number of phenolic OH excluding ortho intramolecular Hbond substituents is 1. The third-order valence-electron chi connectivity index (χ3n) is 2.14. The van der Waals surface area contributed by atoms with Crippen LogP contribution >= 0.6 is 11.3 Å². The molecule has 0 unspecified atom stereocenters. The van der Waals surface area contributed by atoms with Crippen LogP contribution in [0.4, 0.5) is 0 Å². The van der Waals surface area contributed by atoms with E-state index >= 15 is 0 Å². The average Bonchev–Trinajstić information content (AvgIpc) is 2.61. The molecule has 0 radical (unpaired) electrons. The van der Waals surface area contributed by atoms with Gasteiger partial charge in [0.2, 0.25) is 0 Å². The van der Waals surface area contributed by atoms with Crippen molar-refractivity contribution >= 4 is 21.4 Å². The summed E-state index contributed by atoms with van der Waals surface area (Å²) in [5.74, 6) is 0.204. The lowest BCUT2D eigenvalue weighted by Gasteiger charge is -1.94. The van der Waals surface area contributed by atoms with Crippen molar-refractivity contribution in [3.8, 4) is 11.8 Å². The van der Waals surface area contributed by atoms with Gasteiger partial charge in [0.15, 0.2) is 0 Å². The molecule has 0 aliphatic rings. The van der Waals surface area contributed by atoms with Crippen molar-refractivity contribution in [2.24, 2.45) is 0 Å². The fourth-order valence-electron chi connectivity index (χ4n) is 1.41. The first kappa shape index (κ1) is 9.04. The zero-order valence-corrected chi connectivity index (χ0v) is 8.56. The summed E-state index contributed by atoms with van der Waals surface area (Å²) in [7, 11) is 0. The van der Waals surface area contributed by atoms with Gasteiger partial charge in [-0.2, -0.15) is 5.26 Å². The lowest BCUT2D eigenvalue weighted by molar-refractivity contribution is 0.481. The maximum Gasteiger partial charge on any atom is 0.125 e. The van der Waals surface area contributed by atoms with Crippen LogP contribution in [-0.2, 0) is 6.42 Å². The second-order valence-electron chi connectivity index (χ2n) is 3.09. The molecule has 0 saturated heterocycles. The van der Waals surface area contributed by atoms with Crippen molar-refractivity contribution in [3.63, 3.8) is 0 Å². The summed E-state index contributed by atoms with van der Waals surface area (Å²) >= 11 is 1.63. The number of thiophene rings is 1. The topological polar surface area (TPSA) is 44.0 Å². The number of benzene rings is 1. The van der Waals surface area contributed by atoms with E-state index in [1.54, 1.807) is 11.3 Å². The van der Waals surface area contributed by atoms with Crippen molar-refractivity contribution < 1.29 is 5.11 Å². The van der Waals surface area contributed by atoms with E-state index in [2.05, 4.69) is 6.92 Å². The third-order valence-corrected chi connectivity index (χ3v) is 3.37. The lowest BCUT2D eigenvalue weighted by Crippen LogP contribution is -1.73. The Bertz CT molecular complexity index is 522. The summed E-state index contributed by atoms with van der Waals surface area (Å²) in [5.41, 5.74) is 0.513. The van der Waals surface area contributed by atoms with Crippen LogP contribution in [-0.4, -0.2) is 5.11 Å². The number of aryl methyl sites for hydroxylation is 1. The van der Waals surface area contributed by atoms with Gasteiger partial charge in [-0.3, -0.25) is 0 Å². The molecule has 3 heteroatoms. The van der Waals surface area contributed by atoms with Crippen LogP contribution in [0, 0.1) is 11.3 Å². The predicted octanol–water partition coefficient (Wildman–Crippen LogP) is 3.04. The summed E-state index contributed by atoms with van der Waals surface area (Å²) in [4.78, 5) is 1.23. The highest BCUT2D eigenvalue weighted by Crippen LogP contribution is 2.33. The third kappa shape index (κ3) is 1.34. The Hall–Kier alpha value is -1.53. The molecule has 0 aliphatic heterocycles. The number of rotatable bonds is 1. The largest absolute Gasteiger partial charge is 0.507 e. The van der Waals surface area contributed by atoms with Crippen molar-refractivity contribution in [2.75, 3.05) is 0 Å². The molecule has 70 valence electrons. The molecule has 2 rings (SSSR count). The van der Waals surface area contributed by atoms with Crippen LogP contribution in [0.2, 0.25) is 0 Å². The van der Waals surface area contributed by atoms with E-state index in [0.29, 0.717) is 5.56 Å². The molecule has 0 bridgehead atoms. The summed E-state index contributed by atoms with van der Waals surface area (Å²) in [5, 5.41) is 19.2. The molecule has 0 spiro atoms. The molecule has 1 aromatic heterocycles. The Morgan fingerprint density at radius 1 is 1.43 bits per heavy atom. The number of nitriles is 1. The monoisotopic (exact) mass is 203 g/mol. The summed E-state index contributed by atoms with van der Waals surface area (Å²) in [6, 6.07) is 7.34. The van der Waals surface area contributed by atoms with E-state index in [1.165, 1.54) is 10.9 Å². The van der Waals surface area contributed by atoms with Gasteiger partial charge in [0.1, 0.15) is 5.75 Å². The Morgan fingerprint density at radius 3 is 2.86 bits per heavy atom. The molecule has 14 heavy (non-hydrogen) atoms. The van der Waals surface area contributed by atoms with E-state index in [9.17, 15) is 5.11 Å². The average molecular weight is 203 g/mol. The Labute approximate surface area is 86.0 Å². The first-order valence-corrected chi connectivity index (χ1v) is 5.21. The minimum atomic E-state index is 0.204. The Kier molecular flexibility index (Phi) is 2.14. The van der Waals surface area contributed by atoms with Gasteiger partial charge in [-0.25, -0.2) is 0 Å². The number of hydrogen-bond donors (Lipinski definition) is 1. The molecule has 0 aliphatic carbocycles. The van der Waals surface area contributed by atoms with Gasteiger partial charge < -0.3 is 5.11 Å². The van der Waals surface area contributed by atoms with E-state index in [0.717, 1.165) is 16.5 Å². The minimum absolute atomic E-state index is 0.204. The van der Waals surface area contributed by atoms with Gasteiger partial charge in [-0.15, -0.1) is 11.3 Å². The number of phenols is 1. The molecule has 0 saturated carbocycles. The summed E-state index contributed by atoms with van der Waals surface area (Å²) in [6.45, 7) is 2.08. The second-order valence-corrected chi connectivity index (χ2v) is 4.25. The molecule has 1 heterocycles. The Morgan fingerprint density at radius 2 is 2.21 bits per heavy atom. The van der Waals surface area contributed by atoms with Crippen LogP contribution in [0.15, 0.2) is 18.2 Å². The summed E-state index contributed by atoms with van der Waals surface area (Å²) < 4.78 is 0.985. The van der Waals surface area contributed by atoms with Gasteiger partial charge >= 0.3 is 0 Å². The molecule has 1 aromatic carbocycles. The molecule has 2 nitrogen and oxygen atoms in total. The molecular weight excluding hydrogens is 194 g/mol. The molecule has 0 amide bonds. The minimum Gasteiger partial charge on any atom is -0.507 e. The Balaban J connectivity index is 2.75. The van der Waals surface area contributed by atoms with Crippen LogP contribution in [0.1, 0.15) is 17.4 Å². The van der Waals surface area contributed by atoms with Crippen LogP contribution in [0.3, 0.4) is 0 Å². The SMILES string of the molecule is CCc1cc2c(O)cc(C#N)cc2s1. The maximum absolute atomic E-state index is 9.65. The highest BCUT2D eigenvalue weighted by molar-refractivity contribution is 7.19. The normalized spacial score (nSPS) is 10.3. The molecule has 1 N–H and O–H groups in total. The van der Waals surface area contributed by atoms with Gasteiger partial charge in [0.05, 0.1) is 11.6 Å². The fourth-order valence-corrected chi connectivity index (χ4v) is 2.47. The van der Waals surface area contributed by atoms with E-state index < -0.39 is 0 Å². The van der Waals surface area contributed by atoms with Crippen LogP contribution in [0.5, 0.6) is 5.75 Å². The first-order chi connectivity index (χ1) is 6.74. The van der Waals surface area contributed by atoms with Crippen molar-refractivity contribution in [3.05, 3.63) is 28.6 Å². The predicted molar refractivity (Wildman–Crippen MR) is 57.6 cm³/mol. The quantitative estimate of drug-likeness (QED) is 0.774. The van der Waals surface area contributed by atoms with Crippen molar-refractivity contribution in [1.29, 1.82) is 5.26 Å². The smallest absolute Gasteiger partial charge is 0.125 e. The standard InChI is InChI=1S/C11H9NOS/c1-2-8-5-9-10(13)3-7(6-12)4-11(9)14-8/h3-5,13H,2H2,1H3. The number of aromatic hydroxyl groups is 1. The zero-order valence-electron chi connectivity index (χ0n) is 7.74. The van der Waals surface area contributed by atoms with E-state index in [-0.39, 0.29) is 5.75 Å². The number of nitrogens with zero attached hydrogens (tertiary/aromatic N) is 1. The maximum atomic E-state index is 9.65. The van der Waals surface area contributed by atoms with Gasteiger partial charge in [0, 0.05) is 15.0 Å². The molecule has 0 atom stereocenters. The van der Waals surface area contributed by atoms with Gasteiger partial charge in [-0.1, -0.05) is 6.92 Å². The highest BCUT2D eigenvalue weighted by atomic mass is 32.1. The molecule has 0 fully saturated rings. The van der Waals surface area contributed by atoms with Crippen LogP contribution < -0.4 is 0 Å². The first-order valence-electron chi connectivity index (χ1n) is 4.40. The number of fused-ring (bicyclic) bond motifs is 1. The summed E-state index contributed by atoms with van der Waals surface area (Å²) in [6.07, 6.45) is 0.959. The highest BCUT2D eigenvalue weighted by Gasteiger charge is 2.06. The van der Waals surface area contributed by atoms with Gasteiger partial charge in [-0.05, 0) is 24.6 Å². The zero-order chi connectivity index (χ0) is 10.1. The molecular formula is C11H9NOS. The van der Waals surface area contributed by atoms with E-state index in [1.807, 2.05) is 18.2 Å². The van der Waals surface area contributed by atoms with Crippen molar-refractivity contribution in [2.45, 2.75) is 13.3 Å². The van der Waals surface area contributed by atoms with Crippen LogP contribution in [0.25, 0.3) is 10.1 Å². The second kappa shape index (κ2) is 3.32. The van der Waals surface area contributed by atoms with Crippen molar-refractivity contribution in [1.82, 2.24) is 0 Å². The van der Waals surface area contributed by atoms with Gasteiger partial charge in [0.25, 0.3) is 0 Å².